The second kappa shape index (κ2) is 9.91. The Morgan fingerprint density at radius 3 is 2.50 bits per heavy atom. The van der Waals surface area contributed by atoms with Gasteiger partial charge in [-0.3, -0.25) is 9.78 Å². The third-order valence-corrected chi connectivity index (χ3v) is 5.66. The van der Waals surface area contributed by atoms with E-state index in [0.29, 0.717) is 16.1 Å². The molecule has 4 rings (SSSR count). The number of nitrogens with one attached hydrogen (secondary N) is 1. The number of halogens is 3. The number of methoxy groups -OCH3 is 1. The molecule has 12 heteroatoms. The van der Waals surface area contributed by atoms with E-state index in [1.807, 2.05) is 12.1 Å². The number of alkyl halides is 3. The predicted molar refractivity (Wildman–Crippen MR) is 119 cm³/mol. The summed E-state index contributed by atoms with van der Waals surface area (Å²) in [6.07, 6.45) is -0.540. The van der Waals surface area contributed by atoms with Gasteiger partial charge >= 0.3 is 6.18 Å². The van der Waals surface area contributed by atoms with Gasteiger partial charge in [0.15, 0.2) is 11.5 Å². The second-order valence-corrected chi connectivity index (χ2v) is 7.93. The molecule has 0 saturated carbocycles. The van der Waals surface area contributed by atoms with Gasteiger partial charge in [-0.25, -0.2) is 4.68 Å². The van der Waals surface area contributed by atoms with Gasteiger partial charge in [-0.15, -0.1) is 22.0 Å². The van der Waals surface area contributed by atoms with Crippen molar-refractivity contribution in [3.63, 3.8) is 0 Å². The quantitative estimate of drug-likeness (QED) is 0.381. The monoisotopic (exact) mass is 486 g/mol. The third-order valence-electron chi connectivity index (χ3n) is 4.57. The molecule has 1 amide bonds. The minimum Gasteiger partial charge on any atom is -0.480 e. The highest BCUT2D eigenvalue weighted by Gasteiger charge is 2.41. The summed E-state index contributed by atoms with van der Waals surface area (Å²) in [6, 6.07) is 13.2. The number of nitrogens with zero attached hydrogens (tertiary/aromatic N) is 5. The van der Waals surface area contributed by atoms with E-state index in [2.05, 4.69) is 25.6 Å². The Hall–Kier alpha value is -3.93. The van der Waals surface area contributed by atoms with E-state index in [0.717, 1.165) is 16.7 Å². The Morgan fingerprint density at radius 1 is 1.09 bits per heavy atom. The van der Waals surface area contributed by atoms with Crippen LogP contribution in [0.4, 0.5) is 18.9 Å². The lowest BCUT2D eigenvalue weighted by Crippen LogP contribution is -2.21. The zero-order chi connectivity index (χ0) is 24.1. The van der Waals surface area contributed by atoms with E-state index < -0.39 is 23.3 Å². The Kier molecular flexibility index (Phi) is 6.77. The molecule has 0 aliphatic carbocycles. The average molecular weight is 486 g/mol. The summed E-state index contributed by atoms with van der Waals surface area (Å²) in [4.78, 5) is 17.7. The van der Waals surface area contributed by atoms with Crippen LogP contribution in [0.15, 0.2) is 72.0 Å². The van der Waals surface area contributed by atoms with Crippen molar-refractivity contribution in [2.24, 2.45) is 0 Å². The molecular weight excluding hydrogens is 469 g/mol. The number of pyridine rings is 1. The molecule has 0 aliphatic rings. The summed E-state index contributed by atoms with van der Waals surface area (Å²) < 4.78 is 46.9. The maximum Gasteiger partial charge on any atom is 0.434 e. The summed E-state index contributed by atoms with van der Waals surface area (Å²) in [7, 11) is 1.35. The average Bonchev–Trinajstić information content (AvgIpc) is 3.31. The van der Waals surface area contributed by atoms with Crippen LogP contribution in [0.2, 0.25) is 0 Å². The van der Waals surface area contributed by atoms with Gasteiger partial charge in [0.05, 0.1) is 18.9 Å². The van der Waals surface area contributed by atoms with Gasteiger partial charge in [-0.2, -0.15) is 18.3 Å². The highest BCUT2D eigenvalue weighted by Crippen LogP contribution is 2.34. The van der Waals surface area contributed by atoms with Crippen molar-refractivity contribution in [3.05, 3.63) is 83.9 Å². The van der Waals surface area contributed by atoms with Crippen LogP contribution in [0.3, 0.4) is 0 Å². The first-order valence-electron chi connectivity index (χ1n) is 9.81. The number of amides is 1. The number of benzene rings is 1. The molecule has 0 unspecified atom stereocenters. The normalized spacial score (nSPS) is 11.3. The Balaban J connectivity index is 1.50. The molecule has 1 aromatic carbocycles. The number of anilines is 1. The SMILES string of the molecule is COc1ccc(-n2ncc(C(=O)Nc3ccc(SCc4cccnc4)cc3)c2C(F)(F)F)nn1. The first kappa shape index (κ1) is 23.2. The van der Waals surface area contributed by atoms with Crippen molar-refractivity contribution >= 4 is 23.4 Å². The maximum atomic E-state index is 13.8. The van der Waals surface area contributed by atoms with Gasteiger partial charge in [0.1, 0.15) is 0 Å². The highest BCUT2D eigenvalue weighted by atomic mass is 32.2. The first-order valence-corrected chi connectivity index (χ1v) is 10.8. The third kappa shape index (κ3) is 5.34. The van der Waals surface area contributed by atoms with Crippen molar-refractivity contribution in [3.8, 4) is 11.7 Å². The van der Waals surface area contributed by atoms with E-state index in [1.54, 1.807) is 48.4 Å². The van der Waals surface area contributed by atoms with E-state index in [-0.39, 0.29) is 11.7 Å². The van der Waals surface area contributed by atoms with Gasteiger partial charge in [-0.05, 0) is 42.0 Å². The minimum absolute atomic E-state index is 0.129. The molecular formula is C22H17F3N6O2S. The smallest absolute Gasteiger partial charge is 0.434 e. The standard InChI is InChI=1S/C22H17F3N6O2S/c1-33-19-9-8-18(29-30-19)31-20(22(23,24)25)17(12-27-31)21(32)28-15-4-6-16(7-5-15)34-13-14-3-2-10-26-11-14/h2-12H,13H2,1H3,(H,28,32). The van der Waals surface area contributed by atoms with Gasteiger partial charge < -0.3 is 10.1 Å². The largest absolute Gasteiger partial charge is 0.480 e. The Labute approximate surface area is 196 Å². The second-order valence-electron chi connectivity index (χ2n) is 6.88. The van der Waals surface area contributed by atoms with Crippen molar-refractivity contribution in [1.82, 2.24) is 25.0 Å². The lowest BCUT2D eigenvalue weighted by Gasteiger charge is -2.12. The Bertz CT molecular complexity index is 1260. The summed E-state index contributed by atoms with van der Waals surface area (Å²) in [5, 5.41) is 13.6. The number of carbonyl (C=O) groups is 1. The topological polar surface area (TPSA) is 94.8 Å². The number of hydrogen-bond acceptors (Lipinski definition) is 7. The molecule has 8 nitrogen and oxygen atoms in total. The van der Waals surface area contributed by atoms with Crippen LogP contribution in [0.1, 0.15) is 21.6 Å². The molecule has 3 heterocycles. The van der Waals surface area contributed by atoms with Crippen molar-refractivity contribution in [2.75, 3.05) is 12.4 Å². The number of aromatic nitrogens is 5. The molecule has 3 aromatic heterocycles. The fourth-order valence-corrected chi connectivity index (χ4v) is 3.81. The zero-order valence-corrected chi connectivity index (χ0v) is 18.5. The summed E-state index contributed by atoms with van der Waals surface area (Å²) in [6.45, 7) is 0. The number of rotatable bonds is 7. The lowest BCUT2D eigenvalue weighted by molar-refractivity contribution is -0.143. The zero-order valence-electron chi connectivity index (χ0n) is 17.7. The van der Waals surface area contributed by atoms with Crippen molar-refractivity contribution in [1.29, 1.82) is 0 Å². The first-order chi connectivity index (χ1) is 16.3. The van der Waals surface area contributed by atoms with E-state index in [4.69, 9.17) is 4.74 Å². The van der Waals surface area contributed by atoms with Crippen LogP contribution in [0.5, 0.6) is 5.88 Å². The molecule has 0 fully saturated rings. The Morgan fingerprint density at radius 2 is 1.88 bits per heavy atom. The summed E-state index contributed by atoms with van der Waals surface area (Å²) in [5.41, 5.74) is -0.489. The minimum atomic E-state index is -4.86. The highest BCUT2D eigenvalue weighted by molar-refractivity contribution is 7.98. The van der Waals surface area contributed by atoms with E-state index in [9.17, 15) is 18.0 Å². The van der Waals surface area contributed by atoms with Crippen LogP contribution in [-0.4, -0.2) is 38.0 Å². The van der Waals surface area contributed by atoms with Gasteiger partial charge in [-0.1, -0.05) is 6.07 Å². The number of ether oxygens (including phenoxy) is 1. The van der Waals surface area contributed by atoms with Crippen LogP contribution in [0.25, 0.3) is 5.82 Å². The fourth-order valence-electron chi connectivity index (χ4n) is 2.98. The van der Waals surface area contributed by atoms with Gasteiger partial charge in [0.25, 0.3) is 5.91 Å². The van der Waals surface area contributed by atoms with Crippen molar-refractivity contribution in [2.45, 2.75) is 16.8 Å². The molecule has 174 valence electrons. The number of hydrogen-bond donors (Lipinski definition) is 1. The fraction of sp³-hybridized carbons (Fsp3) is 0.136. The van der Waals surface area contributed by atoms with Crippen LogP contribution < -0.4 is 10.1 Å². The molecule has 1 N–H and O–H groups in total. The van der Waals surface area contributed by atoms with Crippen LogP contribution in [0, 0.1) is 0 Å². The number of thioether (sulfide) groups is 1. The maximum absolute atomic E-state index is 13.8. The number of carbonyl (C=O) groups excluding carboxylic acids is 1. The molecule has 0 saturated heterocycles. The predicted octanol–water partition coefficient (Wildman–Crippen LogP) is 4.63. The van der Waals surface area contributed by atoms with Crippen molar-refractivity contribution < 1.29 is 22.7 Å². The lowest BCUT2D eigenvalue weighted by atomic mass is 10.2. The van der Waals surface area contributed by atoms with Crippen LogP contribution >= 0.6 is 11.8 Å². The molecule has 0 spiro atoms. The van der Waals surface area contributed by atoms with Gasteiger partial charge in [0.2, 0.25) is 5.88 Å². The molecule has 0 bridgehead atoms. The summed E-state index contributed by atoms with van der Waals surface area (Å²) >= 11 is 1.57. The van der Waals surface area contributed by atoms with Crippen LogP contribution in [-0.2, 0) is 11.9 Å². The van der Waals surface area contributed by atoms with E-state index in [1.165, 1.54) is 19.2 Å². The molecule has 0 radical (unpaired) electrons. The van der Waals surface area contributed by atoms with E-state index >= 15 is 0 Å². The molecule has 0 aliphatic heterocycles. The summed E-state index contributed by atoms with van der Waals surface area (Å²) in [5.74, 6) is -0.315. The molecule has 34 heavy (non-hydrogen) atoms. The van der Waals surface area contributed by atoms with Gasteiger partial charge in [0, 0.05) is 34.8 Å². The molecule has 0 atom stereocenters. The molecule has 4 aromatic rings.